The third kappa shape index (κ3) is 7.36. The van der Waals surface area contributed by atoms with Crippen LogP contribution in [0, 0.1) is 5.82 Å². The van der Waals surface area contributed by atoms with Crippen LogP contribution in [0.5, 0.6) is 11.8 Å². The van der Waals surface area contributed by atoms with Crippen molar-refractivity contribution in [1.29, 1.82) is 0 Å². The van der Waals surface area contributed by atoms with Crippen LogP contribution in [0.15, 0.2) is 42.5 Å². The summed E-state index contributed by atoms with van der Waals surface area (Å²) in [6, 6.07) is 13.8. The molecule has 0 spiro atoms. The van der Waals surface area contributed by atoms with E-state index in [9.17, 15) is 9.90 Å². The van der Waals surface area contributed by atoms with Crippen molar-refractivity contribution >= 4 is 41.9 Å². The molecule has 2 bridgehead atoms. The number of likely N-dealkylation sites (N-methyl/N-ethyl adjacent to an activating group) is 1. The smallest absolute Gasteiger partial charge is 0.410 e. The van der Waals surface area contributed by atoms with E-state index in [1.807, 2.05) is 68.1 Å². The summed E-state index contributed by atoms with van der Waals surface area (Å²) in [4.78, 5) is 29.3. The molecule has 4 heterocycles. The number of carbonyl (C=O) groups excluding carboxylic acids is 1. The third-order valence-corrected chi connectivity index (χ3v) is 16.2. The summed E-state index contributed by atoms with van der Waals surface area (Å²) in [6.07, 6.45) is 3.46. The van der Waals surface area contributed by atoms with Crippen molar-refractivity contribution in [3.05, 3.63) is 53.8 Å². The predicted octanol–water partition coefficient (Wildman–Crippen LogP) is 8.53. The summed E-state index contributed by atoms with van der Waals surface area (Å²) < 4.78 is 36.5. The number of carbonyl (C=O) groups is 1. The van der Waals surface area contributed by atoms with Gasteiger partial charge in [-0.25, -0.2) is 9.18 Å². The average molecular weight is 758 g/mol. The normalized spacial score (nSPS) is 21.0. The number of halogens is 1. The van der Waals surface area contributed by atoms with Crippen LogP contribution in [0.2, 0.25) is 18.1 Å². The van der Waals surface area contributed by atoms with Crippen LogP contribution in [0.25, 0.3) is 32.8 Å². The van der Waals surface area contributed by atoms with Gasteiger partial charge in [0, 0.05) is 30.1 Å². The van der Waals surface area contributed by atoms with Gasteiger partial charge in [0.05, 0.1) is 18.7 Å². The predicted molar refractivity (Wildman–Crippen MR) is 214 cm³/mol. The van der Waals surface area contributed by atoms with Gasteiger partial charge in [0.1, 0.15) is 29.3 Å². The Morgan fingerprint density at radius 1 is 0.981 bits per heavy atom. The van der Waals surface area contributed by atoms with Crippen LogP contribution in [0.3, 0.4) is 0 Å². The fourth-order valence-corrected chi connectivity index (χ4v) is 9.02. The molecule has 3 aliphatic rings. The van der Waals surface area contributed by atoms with Crippen molar-refractivity contribution in [2.45, 2.75) is 116 Å². The molecule has 1 amide bonds. The number of rotatable bonds is 8. The highest BCUT2D eigenvalue weighted by Gasteiger charge is 2.45. The number of hydrogen-bond acceptors (Lipinski definition) is 9. The number of nitrogens with zero attached hydrogens (tertiary/aromatic N) is 5. The molecule has 0 saturated carbocycles. The lowest BCUT2D eigenvalue weighted by molar-refractivity contribution is 0.0122. The van der Waals surface area contributed by atoms with Crippen molar-refractivity contribution in [1.82, 2.24) is 19.8 Å². The molecular weight excluding hydrogens is 702 g/mol. The maximum Gasteiger partial charge on any atom is 0.410 e. The van der Waals surface area contributed by atoms with Crippen LogP contribution >= 0.6 is 0 Å². The number of aliphatic hydroxyl groups is 1. The first kappa shape index (κ1) is 38.3. The lowest BCUT2D eigenvalue weighted by Crippen LogP contribution is -2.57. The van der Waals surface area contributed by atoms with Crippen LogP contribution in [0.1, 0.15) is 72.8 Å². The van der Waals surface area contributed by atoms with Gasteiger partial charge in [-0.3, -0.25) is 4.90 Å². The first-order valence-electron chi connectivity index (χ1n) is 19.4. The molecule has 2 unspecified atom stereocenters. The highest BCUT2D eigenvalue weighted by atomic mass is 28.4. The molecule has 0 aliphatic carbocycles. The van der Waals surface area contributed by atoms with Crippen LogP contribution < -0.4 is 14.1 Å². The Morgan fingerprint density at radius 2 is 1.69 bits per heavy atom. The minimum absolute atomic E-state index is 0.0435. The number of aliphatic hydroxyl groups excluding tert-OH is 1. The topological polar surface area (TPSA) is 100 Å². The lowest BCUT2D eigenvalue weighted by Gasteiger charge is -2.42. The summed E-state index contributed by atoms with van der Waals surface area (Å²) >= 11 is 0. The van der Waals surface area contributed by atoms with Gasteiger partial charge in [0.15, 0.2) is 5.82 Å². The molecule has 3 saturated heterocycles. The fourth-order valence-electron chi connectivity index (χ4n) is 8.01. The number of amides is 1. The molecule has 1 N–H and O–H groups in total. The minimum Gasteiger partial charge on any atom is -0.543 e. The zero-order chi connectivity index (χ0) is 38.7. The van der Waals surface area contributed by atoms with Gasteiger partial charge in [-0.15, -0.1) is 0 Å². The van der Waals surface area contributed by atoms with Gasteiger partial charge in [-0.05, 0) is 118 Å². The van der Waals surface area contributed by atoms with E-state index in [1.165, 1.54) is 0 Å². The molecule has 4 aromatic rings. The molecule has 0 radical (unpaired) electrons. The van der Waals surface area contributed by atoms with E-state index >= 15 is 4.39 Å². The van der Waals surface area contributed by atoms with E-state index in [0.29, 0.717) is 47.8 Å². The molecule has 3 fully saturated rings. The van der Waals surface area contributed by atoms with Gasteiger partial charge in [-0.1, -0.05) is 45.0 Å². The summed E-state index contributed by atoms with van der Waals surface area (Å²) in [5, 5.41) is 13.1. The number of ether oxygens (including phenoxy) is 2. The van der Waals surface area contributed by atoms with E-state index in [2.05, 4.69) is 50.7 Å². The number of hydrogen-bond donors (Lipinski definition) is 1. The Morgan fingerprint density at radius 3 is 2.31 bits per heavy atom. The molecule has 3 atom stereocenters. The van der Waals surface area contributed by atoms with E-state index in [1.54, 1.807) is 0 Å². The zero-order valence-electron chi connectivity index (χ0n) is 33.3. The molecule has 7 rings (SSSR count). The highest BCUT2D eigenvalue weighted by Crippen LogP contribution is 2.44. The second-order valence-electron chi connectivity index (χ2n) is 17.9. The summed E-state index contributed by atoms with van der Waals surface area (Å²) in [6.45, 7) is 18.6. The fraction of sp³-hybridized carbons (Fsp3) is 0.548. The highest BCUT2D eigenvalue weighted by molar-refractivity contribution is 6.74. The van der Waals surface area contributed by atoms with Crippen molar-refractivity contribution in [3.8, 4) is 22.9 Å². The third-order valence-electron chi connectivity index (χ3n) is 11.9. The number of benzene rings is 3. The SMILES string of the molecule is CN1CCC[C@H]1COc1nc(N2CC3CCC(C2)N3C(=O)OC(C)(C)C)c2cc(CO)c(-c3cc(O[Si](C)(C)C(C)(C)C)cc4ccccc34)c(F)c2n1. The van der Waals surface area contributed by atoms with E-state index in [4.69, 9.17) is 23.9 Å². The second kappa shape index (κ2) is 14.3. The number of fused-ring (bicyclic) bond motifs is 4. The molecule has 54 heavy (non-hydrogen) atoms. The molecule has 1 aromatic heterocycles. The molecule has 12 heteroatoms. The van der Waals surface area contributed by atoms with Crippen LogP contribution in [-0.2, 0) is 11.3 Å². The average Bonchev–Trinajstić information content (AvgIpc) is 3.63. The number of anilines is 1. The molecule has 3 aliphatic heterocycles. The molecule has 290 valence electrons. The maximum atomic E-state index is 17.6. The van der Waals surface area contributed by atoms with Gasteiger partial charge < -0.3 is 28.8 Å². The van der Waals surface area contributed by atoms with Gasteiger partial charge >= 0.3 is 12.1 Å². The maximum absolute atomic E-state index is 17.6. The number of aromatic nitrogens is 2. The van der Waals surface area contributed by atoms with Gasteiger partial charge in [0.25, 0.3) is 0 Å². The van der Waals surface area contributed by atoms with Crippen molar-refractivity contribution in [2.24, 2.45) is 0 Å². The van der Waals surface area contributed by atoms with Gasteiger partial charge in [0.2, 0.25) is 8.32 Å². The first-order valence-corrected chi connectivity index (χ1v) is 22.3. The molecule has 3 aromatic carbocycles. The minimum atomic E-state index is -2.25. The quantitative estimate of drug-likeness (QED) is 0.177. The monoisotopic (exact) mass is 757 g/mol. The van der Waals surface area contributed by atoms with Crippen molar-refractivity contribution in [2.75, 3.05) is 38.2 Å². The first-order chi connectivity index (χ1) is 25.4. The summed E-state index contributed by atoms with van der Waals surface area (Å²) in [5.41, 5.74) is 0.862. The Balaban J connectivity index is 1.36. The largest absolute Gasteiger partial charge is 0.543 e. The standard InChI is InChI=1S/C42H56FN5O5Si/c1-41(2,3)52-40(50)48-28-16-17-29(48)23-47(22-28)38-34-20-27(24-49)35(36(43)37(34)44-39(45-38)51-25-30-14-12-18-46(30)7)33-21-31(53-54(8,9)42(4,5)6)19-26-13-10-11-15-32(26)33/h10-11,13,15,19-21,28-30,49H,12,14,16-18,22-25H2,1-9H3/t28?,29?,30-/m0/s1. The van der Waals surface area contributed by atoms with Crippen molar-refractivity contribution < 1.29 is 28.2 Å². The van der Waals surface area contributed by atoms with Gasteiger partial charge in [-0.2, -0.15) is 9.97 Å². The number of piperazine rings is 1. The summed E-state index contributed by atoms with van der Waals surface area (Å²) in [7, 11) is -0.161. The second-order valence-corrected chi connectivity index (χ2v) is 22.7. The Hall–Kier alpha value is -4.00. The summed E-state index contributed by atoms with van der Waals surface area (Å²) in [5.74, 6) is 0.661. The van der Waals surface area contributed by atoms with Crippen LogP contribution in [0.4, 0.5) is 15.0 Å². The lowest BCUT2D eigenvalue weighted by atomic mass is 9.92. The number of likely N-dealkylation sites (tertiary alicyclic amines) is 1. The van der Waals surface area contributed by atoms with Crippen molar-refractivity contribution in [3.63, 3.8) is 0 Å². The van der Waals surface area contributed by atoms with E-state index in [-0.39, 0.29) is 46.3 Å². The van der Waals surface area contributed by atoms with Crippen LogP contribution in [-0.4, -0.2) is 96.3 Å². The van der Waals surface area contributed by atoms with E-state index < -0.39 is 26.3 Å². The van der Waals surface area contributed by atoms with E-state index in [0.717, 1.165) is 43.0 Å². The molecule has 10 nitrogen and oxygen atoms in total. The molecular formula is C42H56FN5O5Si. The zero-order valence-corrected chi connectivity index (χ0v) is 34.3. The Kier molecular flexibility index (Phi) is 10.1. The Bertz CT molecular complexity index is 2050. The Labute approximate surface area is 319 Å².